The van der Waals surface area contributed by atoms with Gasteiger partial charge in [-0.05, 0) is 59.0 Å². The Kier molecular flexibility index (Phi) is 6.04. The summed E-state index contributed by atoms with van der Waals surface area (Å²) in [4.78, 5) is 27.5. The number of aliphatic hydroxyl groups excluding tert-OH is 1. The summed E-state index contributed by atoms with van der Waals surface area (Å²) >= 11 is 5.96. The molecule has 0 radical (unpaired) electrons. The topological polar surface area (TPSA) is 57.6 Å². The molecule has 1 aliphatic rings. The number of hydrogen-bond donors (Lipinski definition) is 1. The SMILES string of the molecule is CC(C)(C)c1ccc(C2/C(=C(\O)c3ccc(F)cc3)C(=O)C(=O)N2c2ccc(F)c(Cl)c2)cc1. The first-order valence-corrected chi connectivity index (χ1v) is 11.0. The first-order chi connectivity index (χ1) is 16.0. The highest BCUT2D eigenvalue weighted by atomic mass is 35.5. The molecule has 0 aliphatic carbocycles. The highest BCUT2D eigenvalue weighted by molar-refractivity contribution is 6.51. The van der Waals surface area contributed by atoms with Gasteiger partial charge in [-0.15, -0.1) is 0 Å². The second-order valence-corrected chi connectivity index (χ2v) is 9.55. The molecule has 7 heteroatoms. The lowest BCUT2D eigenvalue weighted by Crippen LogP contribution is -2.29. The van der Waals surface area contributed by atoms with Crippen LogP contribution in [0, 0.1) is 11.6 Å². The molecule has 1 saturated heterocycles. The summed E-state index contributed by atoms with van der Waals surface area (Å²) in [6.45, 7) is 6.18. The van der Waals surface area contributed by atoms with E-state index >= 15 is 0 Å². The third-order valence-corrected chi connectivity index (χ3v) is 6.13. The molecule has 1 unspecified atom stereocenters. The van der Waals surface area contributed by atoms with Crippen LogP contribution in [0.3, 0.4) is 0 Å². The van der Waals surface area contributed by atoms with Crippen molar-refractivity contribution in [1.82, 2.24) is 0 Å². The van der Waals surface area contributed by atoms with Crippen LogP contribution in [-0.2, 0) is 15.0 Å². The predicted octanol–water partition coefficient (Wildman–Crippen LogP) is 6.54. The van der Waals surface area contributed by atoms with Crippen molar-refractivity contribution in [3.8, 4) is 0 Å². The van der Waals surface area contributed by atoms with Crippen molar-refractivity contribution >= 4 is 34.7 Å². The molecule has 3 aromatic carbocycles. The number of ketones is 1. The van der Waals surface area contributed by atoms with E-state index in [1.165, 1.54) is 29.2 Å². The van der Waals surface area contributed by atoms with Gasteiger partial charge in [-0.2, -0.15) is 0 Å². The quantitative estimate of drug-likeness (QED) is 0.262. The number of carbonyl (C=O) groups is 2. The van der Waals surface area contributed by atoms with Gasteiger partial charge in [0.1, 0.15) is 17.4 Å². The number of hydrogen-bond acceptors (Lipinski definition) is 3. The van der Waals surface area contributed by atoms with E-state index in [1.807, 2.05) is 12.1 Å². The van der Waals surface area contributed by atoms with Crippen molar-refractivity contribution in [2.24, 2.45) is 0 Å². The molecule has 4 nitrogen and oxygen atoms in total. The molecule has 1 heterocycles. The van der Waals surface area contributed by atoms with E-state index in [1.54, 1.807) is 12.1 Å². The van der Waals surface area contributed by atoms with Crippen LogP contribution >= 0.6 is 11.6 Å². The minimum atomic E-state index is -0.999. The minimum Gasteiger partial charge on any atom is -0.507 e. The Morgan fingerprint density at radius 1 is 0.941 bits per heavy atom. The van der Waals surface area contributed by atoms with Gasteiger partial charge in [-0.25, -0.2) is 8.78 Å². The molecule has 0 bridgehead atoms. The summed E-state index contributed by atoms with van der Waals surface area (Å²) in [5, 5.41) is 10.8. The fourth-order valence-electron chi connectivity index (χ4n) is 3.98. The van der Waals surface area contributed by atoms with Gasteiger partial charge in [0, 0.05) is 11.3 Å². The molecule has 1 N–H and O–H groups in total. The summed E-state index contributed by atoms with van der Waals surface area (Å²) in [6, 6.07) is 15.0. The van der Waals surface area contributed by atoms with Crippen LogP contribution in [0.15, 0.2) is 72.3 Å². The molecule has 0 spiro atoms. The Labute approximate surface area is 201 Å². The van der Waals surface area contributed by atoms with Crippen LogP contribution in [0.5, 0.6) is 0 Å². The number of carbonyl (C=O) groups excluding carboxylic acids is 2. The minimum absolute atomic E-state index is 0.126. The average molecular weight is 482 g/mol. The van der Waals surface area contributed by atoms with Gasteiger partial charge >= 0.3 is 0 Å². The second-order valence-electron chi connectivity index (χ2n) is 9.15. The Bertz CT molecular complexity index is 1310. The lowest BCUT2D eigenvalue weighted by molar-refractivity contribution is -0.132. The summed E-state index contributed by atoms with van der Waals surface area (Å²) in [5.41, 5.74) is 1.72. The third kappa shape index (κ3) is 4.21. The van der Waals surface area contributed by atoms with Gasteiger partial charge in [0.05, 0.1) is 16.6 Å². The van der Waals surface area contributed by atoms with Crippen LogP contribution in [0.4, 0.5) is 14.5 Å². The van der Waals surface area contributed by atoms with Crippen LogP contribution in [-0.4, -0.2) is 16.8 Å². The second kappa shape index (κ2) is 8.69. The van der Waals surface area contributed by atoms with Gasteiger partial charge in [0.2, 0.25) is 0 Å². The van der Waals surface area contributed by atoms with Gasteiger partial charge < -0.3 is 5.11 Å². The smallest absolute Gasteiger partial charge is 0.300 e. The van der Waals surface area contributed by atoms with E-state index in [9.17, 15) is 23.5 Å². The third-order valence-electron chi connectivity index (χ3n) is 5.84. The fourth-order valence-corrected chi connectivity index (χ4v) is 4.15. The zero-order valence-corrected chi connectivity index (χ0v) is 19.5. The van der Waals surface area contributed by atoms with Crippen LogP contribution in [0.1, 0.15) is 43.5 Å². The molecule has 0 saturated carbocycles. The maximum atomic E-state index is 13.8. The largest absolute Gasteiger partial charge is 0.507 e. The number of Topliss-reactive ketones (excluding diaryl/α,β-unsaturated/α-hetero) is 1. The number of aliphatic hydroxyl groups is 1. The van der Waals surface area contributed by atoms with Crippen molar-refractivity contribution in [2.75, 3.05) is 4.90 Å². The molecule has 1 fully saturated rings. The van der Waals surface area contributed by atoms with Gasteiger partial charge in [-0.3, -0.25) is 14.5 Å². The Balaban J connectivity index is 1.93. The van der Waals surface area contributed by atoms with E-state index in [4.69, 9.17) is 11.6 Å². The zero-order valence-electron chi connectivity index (χ0n) is 18.8. The van der Waals surface area contributed by atoms with E-state index in [0.29, 0.717) is 5.56 Å². The first-order valence-electron chi connectivity index (χ1n) is 10.6. The maximum absolute atomic E-state index is 13.8. The van der Waals surface area contributed by atoms with E-state index < -0.39 is 35.1 Å². The average Bonchev–Trinajstić information content (AvgIpc) is 3.06. The number of nitrogens with zero attached hydrogens (tertiary/aromatic N) is 1. The van der Waals surface area contributed by atoms with Gasteiger partial charge in [0.15, 0.2) is 0 Å². The Morgan fingerprint density at radius 3 is 2.12 bits per heavy atom. The molecule has 3 aromatic rings. The van der Waals surface area contributed by atoms with Gasteiger partial charge in [0.25, 0.3) is 11.7 Å². The first kappa shape index (κ1) is 23.6. The number of halogens is 3. The zero-order chi connectivity index (χ0) is 24.8. The Morgan fingerprint density at radius 2 is 1.56 bits per heavy atom. The van der Waals surface area contributed by atoms with E-state index in [2.05, 4.69) is 20.8 Å². The molecule has 174 valence electrons. The maximum Gasteiger partial charge on any atom is 0.300 e. The molecule has 0 aromatic heterocycles. The number of rotatable bonds is 3. The summed E-state index contributed by atoms with van der Waals surface area (Å²) in [7, 11) is 0. The van der Waals surface area contributed by atoms with Crippen LogP contribution in [0.2, 0.25) is 5.02 Å². The molecule has 1 aliphatic heterocycles. The molecule has 4 rings (SSSR count). The number of anilines is 1. The predicted molar refractivity (Wildman–Crippen MR) is 128 cm³/mol. The van der Waals surface area contributed by atoms with Crippen molar-refractivity contribution in [3.63, 3.8) is 0 Å². The van der Waals surface area contributed by atoms with Crippen LogP contribution in [0.25, 0.3) is 5.76 Å². The van der Waals surface area contributed by atoms with E-state index in [-0.39, 0.29) is 27.3 Å². The lowest BCUT2D eigenvalue weighted by atomic mass is 9.85. The highest BCUT2D eigenvalue weighted by Crippen LogP contribution is 2.43. The molecule has 1 amide bonds. The monoisotopic (exact) mass is 481 g/mol. The number of benzene rings is 3. The van der Waals surface area contributed by atoms with Crippen LogP contribution < -0.4 is 4.90 Å². The van der Waals surface area contributed by atoms with Crippen molar-refractivity contribution in [3.05, 3.63) is 106 Å². The fraction of sp³-hybridized carbons (Fsp3) is 0.185. The van der Waals surface area contributed by atoms with Crippen molar-refractivity contribution in [1.29, 1.82) is 0 Å². The highest BCUT2D eigenvalue weighted by Gasteiger charge is 2.47. The molecular weight excluding hydrogens is 460 g/mol. The van der Waals surface area contributed by atoms with E-state index in [0.717, 1.165) is 23.8 Å². The number of amides is 1. The molecular formula is C27H22ClF2NO3. The van der Waals surface area contributed by atoms with Crippen molar-refractivity contribution < 1.29 is 23.5 Å². The molecule has 34 heavy (non-hydrogen) atoms. The van der Waals surface area contributed by atoms with Gasteiger partial charge in [-0.1, -0.05) is 56.6 Å². The summed E-state index contributed by atoms with van der Waals surface area (Å²) in [6.07, 6.45) is 0. The normalized spacial score (nSPS) is 17.9. The lowest BCUT2D eigenvalue weighted by Gasteiger charge is -2.26. The Hall–Kier alpha value is -3.51. The standard InChI is InChI=1S/C27H22ClF2NO3/c1-27(2,3)17-8-4-15(5-9-17)23-22(24(32)16-6-10-18(29)11-7-16)25(33)26(34)31(23)19-12-13-21(30)20(28)14-19/h4-14,23,32H,1-3H3/b24-22+. The summed E-state index contributed by atoms with van der Waals surface area (Å²) < 4.78 is 27.2. The molecule has 1 atom stereocenters. The summed E-state index contributed by atoms with van der Waals surface area (Å²) in [5.74, 6) is -3.41. The van der Waals surface area contributed by atoms with Crippen molar-refractivity contribution in [2.45, 2.75) is 32.2 Å².